The van der Waals surface area contributed by atoms with Crippen LogP contribution in [0.15, 0.2) is 30.3 Å². The van der Waals surface area contributed by atoms with Crippen molar-refractivity contribution >= 4 is 22.9 Å². The number of nitrogens with one attached hydrogen (secondary N) is 1. The predicted molar refractivity (Wildman–Crippen MR) is 91.8 cm³/mol. The van der Waals surface area contributed by atoms with Gasteiger partial charge in [0, 0.05) is 20.3 Å². The molecular formula is C17H22ClNOS. The monoisotopic (exact) mass is 323 g/mol. The molecule has 0 spiro atoms. The van der Waals surface area contributed by atoms with E-state index in [1.165, 1.54) is 9.75 Å². The zero-order valence-corrected chi connectivity index (χ0v) is 14.4. The maximum absolute atomic E-state index is 6.08. The van der Waals surface area contributed by atoms with Crippen LogP contribution in [0.3, 0.4) is 0 Å². The molecule has 21 heavy (non-hydrogen) atoms. The number of ether oxygens (including phenoxy) is 1. The van der Waals surface area contributed by atoms with Gasteiger partial charge in [-0.25, -0.2) is 0 Å². The normalized spacial score (nSPS) is 12.4. The summed E-state index contributed by atoms with van der Waals surface area (Å²) in [6, 6.07) is 10.4. The van der Waals surface area contributed by atoms with Gasteiger partial charge in [0.2, 0.25) is 0 Å². The third kappa shape index (κ3) is 4.00. The van der Waals surface area contributed by atoms with Crippen LogP contribution in [0.25, 0.3) is 0 Å². The van der Waals surface area contributed by atoms with E-state index in [0.29, 0.717) is 5.02 Å². The molecule has 0 saturated heterocycles. The van der Waals surface area contributed by atoms with Crippen molar-refractivity contribution in [3.05, 3.63) is 50.7 Å². The Morgan fingerprint density at radius 1 is 1.24 bits per heavy atom. The molecule has 1 N–H and O–H groups in total. The minimum atomic E-state index is 0.155. The SMILES string of the molecule is CCCNC(c1ccc(CC)s1)c1ccc(Cl)cc1OC. The molecule has 4 heteroatoms. The number of benzene rings is 1. The van der Waals surface area contributed by atoms with Crippen molar-refractivity contribution in [1.29, 1.82) is 0 Å². The average molecular weight is 324 g/mol. The molecule has 1 heterocycles. The van der Waals surface area contributed by atoms with Gasteiger partial charge in [-0.05, 0) is 43.7 Å². The lowest BCUT2D eigenvalue weighted by Gasteiger charge is -2.20. The molecule has 0 radical (unpaired) electrons. The van der Waals surface area contributed by atoms with E-state index in [1.807, 2.05) is 23.5 Å². The molecule has 1 aromatic carbocycles. The Hall–Kier alpha value is -1.03. The van der Waals surface area contributed by atoms with E-state index in [0.717, 1.165) is 30.7 Å². The Kier molecular flexibility index (Phi) is 6.09. The highest BCUT2D eigenvalue weighted by atomic mass is 35.5. The topological polar surface area (TPSA) is 21.3 Å². The molecule has 0 aliphatic heterocycles. The van der Waals surface area contributed by atoms with Crippen molar-refractivity contribution in [2.24, 2.45) is 0 Å². The molecule has 0 amide bonds. The third-order valence-corrected chi connectivity index (χ3v) is 4.95. The van der Waals surface area contributed by atoms with E-state index in [2.05, 4.69) is 37.4 Å². The number of methoxy groups -OCH3 is 1. The maximum atomic E-state index is 6.08. The van der Waals surface area contributed by atoms with E-state index in [-0.39, 0.29) is 6.04 Å². The lowest BCUT2D eigenvalue weighted by atomic mass is 10.0. The van der Waals surface area contributed by atoms with Crippen molar-refractivity contribution in [2.45, 2.75) is 32.7 Å². The first kappa shape index (κ1) is 16.3. The standard InChI is InChI=1S/C17H22ClNOS/c1-4-10-19-17(16-9-7-13(5-2)21-16)14-8-6-12(18)11-15(14)20-3/h6-9,11,17,19H,4-5,10H2,1-3H3. The number of hydrogen-bond donors (Lipinski definition) is 1. The molecule has 1 unspecified atom stereocenters. The molecule has 2 rings (SSSR count). The second-order valence-corrected chi connectivity index (χ2v) is 6.57. The van der Waals surface area contributed by atoms with Gasteiger partial charge in [0.1, 0.15) is 5.75 Å². The molecule has 0 aliphatic carbocycles. The first-order valence-electron chi connectivity index (χ1n) is 7.35. The van der Waals surface area contributed by atoms with Crippen LogP contribution in [0.5, 0.6) is 5.75 Å². The second-order valence-electron chi connectivity index (χ2n) is 4.93. The van der Waals surface area contributed by atoms with Crippen LogP contribution in [0.4, 0.5) is 0 Å². The molecule has 1 atom stereocenters. The summed E-state index contributed by atoms with van der Waals surface area (Å²) in [5.41, 5.74) is 1.14. The molecule has 0 aliphatic rings. The number of halogens is 1. The Morgan fingerprint density at radius 3 is 2.67 bits per heavy atom. The van der Waals surface area contributed by atoms with Crippen LogP contribution in [0, 0.1) is 0 Å². The molecule has 1 aromatic heterocycles. The molecule has 2 aromatic rings. The van der Waals surface area contributed by atoms with Gasteiger partial charge in [-0.15, -0.1) is 11.3 Å². The summed E-state index contributed by atoms with van der Waals surface area (Å²) in [5.74, 6) is 0.836. The van der Waals surface area contributed by atoms with E-state index in [1.54, 1.807) is 7.11 Å². The van der Waals surface area contributed by atoms with Crippen LogP contribution in [-0.4, -0.2) is 13.7 Å². The zero-order chi connectivity index (χ0) is 15.2. The molecule has 2 nitrogen and oxygen atoms in total. The summed E-state index contributed by atoms with van der Waals surface area (Å²) < 4.78 is 5.52. The number of hydrogen-bond acceptors (Lipinski definition) is 3. The summed E-state index contributed by atoms with van der Waals surface area (Å²) in [6.45, 7) is 5.33. The van der Waals surface area contributed by atoms with Crippen LogP contribution < -0.4 is 10.1 Å². The Bertz CT molecular complexity index is 582. The summed E-state index contributed by atoms with van der Waals surface area (Å²) in [4.78, 5) is 2.72. The fraction of sp³-hybridized carbons (Fsp3) is 0.412. The number of aryl methyl sites for hydroxylation is 1. The number of thiophene rings is 1. The minimum absolute atomic E-state index is 0.155. The zero-order valence-electron chi connectivity index (χ0n) is 12.8. The highest BCUT2D eigenvalue weighted by Crippen LogP contribution is 2.35. The lowest BCUT2D eigenvalue weighted by Crippen LogP contribution is -2.22. The summed E-state index contributed by atoms with van der Waals surface area (Å²) in [7, 11) is 1.69. The number of rotatable bonds is 7. The highest BCUT2D eigenvalue weighted by Gasteiger charge is 2.19. The van der Waals surface area contributed by atoms with Gasteiger partial charge in [0.15, 0.2) is 0 Å². The first-order valence-corrected chi connectivity index (χ1v) is 8.54. The van der Waals surface area contributed by atoms with Crippen molar-refractivity contribution in [3.63, 3.8) is 0 Å². The largest absolute Gasteiger partial charge is 0.496 e. The Labute approximate surface area is 136 Å². The van der Waals surface area contributed by atoms with Gasteiger partial charge < -0.3 is 10.1 Å². The fourth-order valence-corrected chi connectivity index (χ4v) is 3.53. The van der Waals surface area contributed by atoms with Gasteiger partial charge in [0.25, 0.3) is 0 Å². The van der Waals surface area contributed by atoms with E-state index >= 15 is 0 Å². The molecule has 114 valence electrons. The van der Waals surface area contributed by atoms with Gasteiger partial charge in [-0.1, -0.05) is 31.5 Å². The van der Waals surface area contributed by atoms with Gasteiger partial charge in [-0.2, -0.15) is 0 Å². The summed E-state index contributed by atoms with van der Waals surface area (Å²) in [6.07, 6.45) is 2.17. The molecule has 0 fully saturated rings. The van der Waals surface area contributed by atoms with E-state index in [4.69, 9.17) is 16.3 Å². The first-order chi connectivity index (χ1) is 10.2. The van der Waals surface area contributed by atoms with E-state index < -0.39 is 0 Å². The van der Waals surface area contributed by atoms with Gasteiger partial charge in [0.05, 0.1) is 13.2 Å². The van der Waals surface area contributed by atoms with Crippen molar-refractivity contribution in [2.75, 3.05) is 13.7 Å². The summed E-state index contributed by atoms with van der Waals surface area (Å²) in [5, 5.41) is 4.32. The van der Waals surface area contributed by atoms with Gasteiger partial charge in [-0.3, -0.25) is 0 Å². The maximum Gasteiger partial charge on any atom is 0.125 e. The van der Waals surface area contributed by atoms with Crippen molar-refractivity contribution < 1.29 is 4.74 Å². The minimum Gasteiger partial charge on any atom is -0.496 e. The molecule has 0 saturated carbocycles. The average Bonchev–Trinajstić information content (AvgIpc) is 2.97. The smallest absolute Gasteiger partial charge is 0.125 e. The molecule has 0 bridgehead atoms. The van der Waals surface area contributed by atoms with Crippen LogP contribution >= 0.6 is 22.9 Å². The van der Waals surface area contributed by atoms with E-state index in [9.17, 15) is 0 Å². The van der Waals surface area contributed by atoms with Crippen molar-refractivity contribution in [3.8, 4) is 5.75 Å². The Morgan fingerprint density at radius 2 is 2.05 bits per heavy atom. The quantitative estimate of drug-likeness (QED) is 0.768. The third-order valence-electron chi connectivity index (χ3n) is 3.42. The second kappa shape index (κ2) is 7.83. The highest BCUT2D eigenvalue weighted by molar-refractivity contribution is 7.12. The lowest BCUT2D eigenvalue weighted by molar-refractivity contribution is 0.404. The summed E-state index contributed by atoms with van der Waals surface area (Å²) >= 11 is 7.94. The fourth-order valence-electron chi connectivity index (χ4n) is 2.32. The van der Waals surface area contributed by atoms with Crippen molar-refractivity contribution in [1.82, 2.24) is 5.32 Å². The molecular weight excluding hydrogens is 302 g/mol. The van der Waals surface area contributed by atoms with Crippen LogP contribution in [0.2, 0.25) is 5.02 Å². The van der Waals surface area contributed by atoms with Gasteiger partial charge >= 0.3 is 0 Å². The van der Waals surface area contributed by atoms with Crippen LogP contribution in [-0.2, 0) is 6.42 Å². The van der Waals surface area contributed by atoms with Crippen LogP contribution in [0.1, 0.15) is 41.6 Å². The predicted octanol–water partition coefficient (Wildman–Crippen LogP) is 5.06. The Balaban J connectivity index is 2.39.